The zero-order chi connectivity index (χ0) is 9.68. The van der Waals surface area contributed by atoms with Crippen molar-refractivity contribution in [2.75, 3.05) is 6.61 Å². The van der Waals surface area contributed by atoms with Crippen LogP contribution in [0.1, 0.15) is 18.7 Å². The van der Waals surface area contributed by atoms with Crippen LogP contribution in [0.3, 0.4) is 0 Å². The van der Waals surface area contributed by atoms with Gasteiger partial charge in [-0.2, -0.15) is 0 Å². The molecule has 0 saturated heterocycles. The average molecular weight is 201 g/mol. The fourth-order valence-electron chi connectivity index (χ4n) is 0.938. The third-order valence-electron chi connectivity index (χ3n) is 1.54. The van der Waals surface area contributed by atoms with E-state index in [9.17, 15) is 5.11 Å². The fraction of sp³-hybridized carbons (Fsp3) is 0.667. The second-order valence-corrected chi connectivity index (χ2v) is 4.18. The van der Waals surface area contributed by atoms with Gasteiger partial charge in [0.1, 0.15) is 0 Å². The summed E-state index contributed by atoms with van der Waals surface area (Å²) in [5.41, 5.74) is 1.77. The summed E-state index contributed by atoms with van der Waals surface area (Å²) in [4.78, 5) is 5.03. The normalized spacial score (nSPS) is 13.5. The Bertz CT molecular complexity index is 224. The molecule has 0 spiro atoms. The molecule has 3 nitrogen and oxygen atoms in total. The van der Waals surface area contributed by atoms with Crippen LogP contribution in [-0.2, 0) is 11.2 Å². The van der Waals surface area contributed by atoms with Gasteiger partial charge in [-0.15, -0.1) is 11.3 Å². The van der Waals surface area contributed by atoms with Gasteiger partial charge in [0.15, 0.2) is 0 Å². The number of aromatic nitrogens is 1. The summed E-state index contributed by atoms with van der Waals surface area (Å²) >= 11 is 1.56. The maximum absolute atomic E-state index is 9.52. The minimum absolute atomic E-state index is 0.177. The highest BCUT2D eigenvalue weighted by Crippen LogP contribution is 2.09. The van der Waals surface area contributed by atoms with E-state index < -0.39 is 6.10 Å². The van der Waals surface area contributed by atoms with Gasteiger partial charge >= 0.3 is 0 Å². The van der Waals surface area contributed by atoms with Crippen LogP contribution in [0.2, 0.25) is 0 Å². The van der Waals surface area contributed by atoms with E-state index in [1.54, 1.807) is 23.0 Å². The Hall–Kier alpha value is -0.450. The van der Waals surface area contributed by atoms with Gasteiger partial charge in [-0.3, -0.25) is 4.98 Å². The Morgan fingerprint density at radius 3 is 2.92 bits per heavy atom. The van der Waals surface area contributed by atoms with E-state index in [0.717, 1.165) is 4.88 Å². The molecule has 0 saturated carbocycles. The topological polar surface area (TPSA) is 42.4 Å². The number of nitrogens with zero attached hydrogens (tertiary/aromatic N) is 1. The van der Waals surface area contributed by atoms with E-state index in [0.29, 0.717) is 13.0 Å². The van der Waals surface area contributed by atoms with E-state index in [-0.39, 0.29) is 6.10 Å². The summed E-state index contributed by atoms with van der Waals surface area (Å²) < 4.78 is 5.29. The van der Waals surface area contributed by atoms with Crippen LogP contribution in [0.4, 0.5) is 0 Å². The Kier molecular flexibility index (Phi) is 4.35. The van der Waals surface area contributed by atoms with E-state index in [4.69, 9.17) is 4.74 Å². The number of rotatable bonds is 5. The van der Waals surface area contributed by atoms with Crippen LogP contribution < -0.4 is 0 Å². The first-order chi connectivity index (χ1) is 6.18. The highest BCUT2D eigenvalue weighted by Gasteiger charge is 2.07. The van der Waals surface area contributed by atoms with Crippen molar-refractivity contribution < 1.29 is 9.84 Å². The summed E-state index contributed by atoms with van der Waals surface area (Å²) in [6, 6.07) is 0. The van der Waals surface area contributed by atoms with E-state index in [2.05, 4.69) is 4.98 Å². The third-order valence-corrected chi connectivity index (χ3v) is 2.34. The first kappa shape index (κ1) is 10.6. The van der Waals surface area contributed by atoms with Crippen molar-refractivity contribution in [3.05, 3.63) is 16.6 Å². The number of aliphatic hydroxyl groups is 1. The van der Waals surface area contributed by atoms with Crippen molar-refractivity contribution in [3.8, 4) is 0 Å². The predicted molar refractivity (Wildman–Crippen MR) is 52.9 cm³/mol. The van der Waals surface area contributed by atoms with Crippen molar-refractivity contribution in [2.45, 2.75) is 32.5 Å². The van der Waals surface area contributed by atoms with Gasteiger partial charge in [-0.1, -0.05) is 0 Å². The number of thiazole rings is 1. The van der Waals surface area contributed by atoms with Gasteiger partial charge in [-0.05, 0) is 13.8 Å². The smallest absolute Gasteiger partial charge is 0.0822 e. The summed E-state index contributed by atoms with van der Waals surface area (Å²) in [7, 11) is 0. The highest BCUT2D eigenvalue weighted by atomic mass is 32.1. The van der Waals surface area contributed by atoms with E-state index >= 15 is 0 Å². The molecule has 1 aromatic rings. The Balaban J connectivity index is 2.22. The van der Waals surface area contributed by atoms with Crippen LogP contribution in [0, 0.1) is 0 Å². The molecular weight excluding hydrogens is 186 g/mol. The Labute approximate surface area is 82.4 Å². The molecule has 1 rings (SSSR count). The molecule has 0 bridgehead atoms. The summed E-state index contributed by atoms with van der Waals surface area (Å²) in [6.45, 7) is 4.31. The zero-order valence-electron chi connectivity index (χ0n) is 7.93. The minimum atomic E-state index is -0.414. The van der Waals surface area contributed by atoms with Crippen LogP contribution in [0.5, 0.6) is 0 Å². The molecule has 0 radical (unpaired) electrons. The van der Waals surface area contributed by atoms with E-state index in [1.165, 1.54) is 0 Å². The molecule has 0 fully saturated rings. The van der Waals surface area contributed by atoms with Gasteiger partial charge in [0.2, 0.25) is 0 Å². The number of ether oxygens (including phenoxy) is 1. The van der Waals surface area contributed by atoms with Crippen molar-refractivity contribution in [2.24, 2.45) is 0 Å². The van der Waals surface area contributed by atoms with Crippen molar-refractivity contribution in [1.82, 2.24) is 4.98 Å². The van der Waals surface area contributed by atoms with Gasteiger partial charge in [0.05, 0.1) is 24.3 Å². The van der Waals surface area contributed by atoms with Gasteiger partial charge in [-0.25, -0.2) is 0 Å². The first-order valence-electron chi connectivity index (χ1n) is 4.35. The van der Waals surface area contributed by atoms with Gasteiger partial charge < -0.3 is 9.84 Å². The third kappa shape index (κ3) is 4.36. The SMILES string of the molecule is CC(C)OCC(O)Cc1cncs1. The van der Waals surface area contributed by atoms with Crippen molar-refractivity contribution in [3.63, 3.8) is 0 Å². The largest absolute Gasteiger partial charge is 0.390 e. The van der Waals surface area contributed by atoms with Crippen LogP contribution in [-0.4, -0.2) is 28.9 Å². The maximum atomic E-state index is 9.52. The monoisotopic (exact) mass is 201 g/mol. The molecule has 1 unspecified atom stereocenters. The lowest BCUT2D eigenvalue weighted by Gasteiger charge is -2.12. The standard InChI is InChI=1S/C9H15NO2S/c1-7(2)12-5-8(11)3-9-4-10-6-13-9/h4,6-8,11H,3,5H2,1-2H3. The van der Waals surface area contributed by atoms with Crippen molar-refractivity contribution >= 4 is 11.3 Å². The lowest BCUT2D eigenvalue weighted by atomic mass is 10.2. The number of aliphatic hydroxyl groups excluding tert-OH is 1. The zero-order valence-corrected chi connectivity index (χ0v) is 8.75. The second-order valence-electron chi connectivity index (χ2n) is 3.21. The summed E-state index contributed by atoms with van der Waals surface area (Å²) in [5.74, 6) is 0. The van der Waals surface area contributed by atoms with Gasteiger partial charge in [0, 0.05) is 17.5 Å². The molecular formula is C9H15NO2S. The fourth-order valence-corrected chi connectivity index (χ4v) is 1.61. The molecule has 0 amide bonds. The minimum Gasteiger partial charge on any atom is -0.390 e. The summed E-state index contributed by atoms with van der Waals surface area (Å²) in [6.07, 6.45) is 2.18. The molecule has 74 valence electrons. The Morgan fingerprint density at radius 2 is 2.38 bits per heavy atom. The molecule has 1 heterocycles. The highest BCUT2D eigenvalue weighted by molar-refractivity contribution is 7.09. The maximum Gasteiger partial charge on any atom is 0.0822 e. The molecule has 4 heteroatoms. The molecule has 0 aliphatic carbocycles. The van der Waals surface area contributed by atoms with Crippen molar-refractivity contribution in [1.29, 1.82) is 0 Å². The summed E-state index contributed by atoms with van der Waals surface area (Å²) in [5, 5.41) is 9.52. The predicted octanol–water partition coefficient (Wildman–Crippen LogP) is 1.47. The van der Waals surface area contributed by atoms with Crippen LogP contribution in [0.25, 0.3) is 0 Å². The lowest BCUT2D eigenvalue weighted by Crippen LogP contribution is -2.20. The number of hydrogen-bond donors (Lipinski definition) is 1. The first-order valence-corrected chi connectivity index (χ1v) is 5.23. The second kappa shape index (κ2) is 5.32. The average Bonchev–Trinajstić information content (AvgIpc) is 2.53. The molecule has 1 N–H and O–H groups in total. The quantitative estimate of drug-likeness (QED) is 0.784. The lowest BCUT2D eigenvalue weighted by molar-refractivity contribution is 0.00649. The molecule has 0 aliphatic rings. The molecule has 1 aromatic heterocycles. The molecule has 0 aromatic carbocycles. The van der Waals surface area contributed by atoms with Gasteiger partial charge in [0.25, 0.3) is 0 Å². The van der Waals surface area contributed by atoms with Crippen LogP contribution in [0.15, 0.2) is 11.7 Å². The van der Waals surface area contributed by atoms with E-state index in [1.807, 2.05) is 13.8 Å². The number of hydrogen-bond acceptors (Lipinski definition) is 4. The molecule has 1 atom stereocenters. The Morgan fingerprint density at radius 1 is 1.62 bits per heavy atom. The molecule has 13 heavy (non-hydrogen) atoms. The molecule has 0 aliphatic heterocycles. The van der Waals surface area contributed by atoms with Crippen LogP contribution >= 0.6 is 11.3 Å².